The zero-order valence-corrected chi connectivity index (χ0v) is 11.9. The van der Waals surface area contributed by atoms with Crippen molar-refractivity contribution in [2.75, 3.05) is 0 Å². The van der Waals surface area contributed by atoms with Crippen LogP contribution in [0.2, 0.25) is 0 Å². The average molecular weight is 282 g/mol. The standard InChI is InChI=1S/C16H14N2OS/c1-12-15(20-14-10-6-3-7-11-14)16(19)18(17-12)13-8-4-2-5-9-13/h2-11,17H,1H3. The molecule has 0 spiro atoms. The summed E-state index contributed by atoms with van der Waals surface area (Å²) >= 11 is 1.49. The fourth-order valence-electron chi connectivity index (χ4n) is 2.02. The summed E-state index contributed by atoms with van der Waals surface area (Å²) in [6.45, 7) is 1.92. The molecule has 0 unspecified atom stereocenters. The maximum atomic E-state index is 12.5. The van der Waals surface area contributed by atoms with Crippen molar-refractivity contribution in [2.24, 2.45) is 0 Å². The van der Waals surface area contributed by atoms with Gasteiger partial charge in [0.05, 0.1) is 10.6 Å². The van der Waals surface area contributed by atoms with Crippen molar-refractivity contribution in [3.8, 4) is 5.69 Å². The highest BCUT2D eigenvalue weighted by Crippen LogP contribution is 2.27. The largest absolute Gasteiger partial charge is 0.294 e. The molecule has 0 amide bonds. The summed E-state index contributed by atoms with van der Waals surface area (Å²) in [6, 6.07) is 19.5. The number of aromatic amines is 1. The second-order valence-corrected chi connectivity index (χ2v) is 5.54. The summed E-state index contributed by atoms with van der Waals surface area (Å²) in [7, 11) is 0. The Morgan fingerprint density at radius 3 is 2.20 bits per heavy atom. The molecule has 1 N–H and O–H groups in total. The summed E-state index contributed by atoms with van der Waals surface area (Å²) < 4.78 is 1.58. The first-order valence-corrected chi connectivity index (χ1v) is 7.17. The van der Waals surface area contributed by atoms with Gasteiger partial charge in [-0.3, -0.25) is 9.89 Å². The third kappa shape index (κ3) is 2.42. The minimum Gasteiger partial charge on any atom is -0.294 e. The van der Waals surface area contributed by atoms with Gasteiger partial charge in [-0.1, -0.05) is 48.2 Å². The molecule has 0 atom stereocenters. The Bertz CT molecular complexity index is 760. The molecule has 20 heavy (non-hydrogen) atoms. The van der Waals surface area contributed by atoms with Crippen molar-refractivity contribution in [3.05, 3.63) is 76.7 Å². The smallest absolute Gasteiger partial charge is 0.285 e. The van der Waals surface area contributed by atoms with Crippen LogP contribution < -0.4 is 5.56 Å². The number of hydrogen-bond donors (Lipinski definition) is 1. The van der Waals surface area contributed by atoms with Gasteiger partial charge in [-0.05, 0) is 31.2 Å². The van der Waals surface area contributed by atoms with E-state index in [4.69, 9.17) is 0 Å². The Morgan fingerprint density at radius 1 is 0.950 bits per heavy atom. The van der Waals surface area contributed by atoms with Crippen LogP contribution in [0.25, 0.3) is 5.69 Å². The number of para-hydroxylation sites is 1. The van der Waals surface area contributed by atoms with E-state index < -0.39 is 0 Å². The summed E-state index contributed by atoms with van der Waals surface area (Å²) in [5.74, 6) is 0. The minimum atomic E-state index is -0.0115. The molecule has 0 fully saturated rings. The number of nitrogens with zero attached hydrogens (tertiary/aromatic N) is 1. The Kier molecular flexibility index (Phi) is 3.48. The quantitative estimate of drug-likeness (QED) is 0.796. The van der Waals surface area contributed by atoms with Crippen molar-refractivity contribution in [1.82, 2.24) is 9.78 Å². The Morgan fingerprint density at radius 2 is 1.55 bits per heavy atom. The zero-order chi connectivity index (χ0) is 13.9. The topological polar surface area (TPSA) is 37.8 Å². The van der Waals surface area contributed by atoms with E-state index in [-0.39, 0.29) is 5.56 Å². The van der Waals surface area contributed by atoms with Gasteiger partial charge in [0.1, 0.15) is 0 Å². The molecule has 0 bridgehead atoms. The Balaban J connectivity index is 2.02. The van der Waals surface area contributed by atoms with Gasteiger partial charge in [-0.2, -0.15) is 0 Å². The van der Waals surface area contributed by atoms with E-state index in [1.54, 1.807) is 4.68 Å². The molecule has 2 aromatic carbocycles. The van der Waals surface area contributed by atoms with Crippen molar-refractivity contribution in [3.63, 3.8) is 0 Å². The number of aryl methyl sites for hydroxylation is 1. The minimum absolute atomic E-state index is 0.0115. The van der Waals surface area contributed by atoms with E-state index in [0.717, 1.165) is 21.2 Å². The molecule has 1 aromatic heterocycles. The molecular weight excluding hydrogens is 268 g/mol. The lowest BCUT2D eigenvalue weighted by Gasteiger charge is -1.99. The van der Waals surface area contributed by atoms with Gasteiger partial charge < -0.3 is 0 Å². The van der Waals surface area contributed by atoms with Crippen LogP contribution in [-0.4, -0.2) is 9.78 Å². The van der Waals surface area contributed by atoms with E-state index in [0.29, 0.717) is 0 Å². The number of nitrogens with one attached hydrogen (secondary N) is 1. The normalized spacial score (nSPS) is 10.7. The molecule has 3 aromatic rings. The van der Waals surface area contributed by atoms with Crippen molar-refractivity contribution >= 4 is 11.8 Å². The lowest BCUT2D eigenvalue weighted by Crippen LogP contribution is -2.15. The maximum Gasteiger partial charge on any atom is 0.285 e. The molecule has 0 aliphatic carbocycles. The highest BCUT2D eigenvalue weighted by atomic mass is 32.2. The molecule has 4 heteroatoms. The first-order chi connectivity index (χ1) is 9.75. The number of H-pyrrole nitrogens is 1. The average Bonchev–Trinajstić information content (AvgIpc) is 2.77. The van der Waals surface area contributed by atoms with Crippen LogP contribution in [0.3, 0.4) is 0 Å². The lowest BCUT2D eigenvalue weighted by atomic mass is 10.3. The number of hydrogen-bond acceptors (Lipinski definition) is 2. The third-order valence-electron chi connectivity index (χ3n) is 2.99. The summed E-state index contributed by atoms with van der Waals surface area (Å²) in [6.07, 6.45) is 0. The fourth-order valence-corrected chi connectivity index (χ4v) is 2.92. The van der Waals surface area contributed by atoms with E-state index >= 15 is 0 Å². The van der Waals surface area contributed by atoms with Crippen LogP contribution in [0.1, 0.15) is 5.69 Å². The highest BCUT2D eigenvalue weighted by Gasteiger charge is 2.13. The van der Waals surface area contributed by atoms with E-state index in [2.05, 4.69) is 5.10 Å². The predicted molar refractivity (Wildman–Crippen MR) is 81.7 cm³/mol. The summed E-state index contributed by atoms with van der Waals surface area (Å²) in [5.41, 5.74) is 1.72. The lowest BCUT2D eigenvalue weighted by molar-refractivity contribution is 0.834. The first kappa shape index (κ1) is 12.8. The van der Waals surface area contributed by atoms with E-state index in [1.165, 1.54) is 11.8 Å². The molecule has 3 nitrogen and oxygen atoms in total. The fraction of sp³-hybridized carbons (Fsp3) is 0.0625. The van der Waals surface area contributed by atoms with Gasteiger partial charge in [0, 0.05) is 10.6 Å². The van der Waals surface area contributed by atoms with Crippen LogP contribution in [0.4, 0.5) is 0 Å². The first-order valence-electron chi connectivity index (χ1n) is 6.35. The van der Waals surface area contributed by atoms with Gasteiger partial charge >= 0.3 is 0 Å². The van der Waals surface area contributed by atoms with Crippen molar-refractivity contribution in [1.29, 1.82) is 0 Å². The van der Waals surface area contributed by atoms with Gasteiger partial charge in [0.2, 0.25) is 0 Å². The van der Waals surface area contributed by atoms with Gasteiger partial charge in [0.25, 0.3) is 5.56 Å². The van der Waals surface area contributed by atoms with Crippen molar-refractivity contribution in [2.45, 2.75) is 16.7 Å². The summed E-state index contributed by atoms with van der Waals surface area (Å²) in [5, 5.41) is 3.13. The van der Waals surface area contributed by atoms with Gasteiger partial charge in [-0.15, -0.1) is 0 Å². The molecule has 0 aliphatic heterocycles. The Hall–Kier alpha value is -2.20. The van der Waals surface area contributed by atoms with E-state index in [1.807, 2.05) is 67.6 Å². The molecule has 100 valence electrons. The van der Waals surface area contributed by atoms with Crippen LogP contribution in [0, 0.1) is 6.92 Å². The Labute approximate surface area is 121 Å². The number of aromatic nitrogens is 2. The van der Waals surface area contributed by atoms with Crippen LogP contribution >= 0.6 is 11.8 Å². The predicted octanol–water partition coefficient (Wildman–Crippen LogP) is 3.63. The van der Waals surface area contributed by atoms with Gasteiger partial charge in [0.15, 0.2) is 0 Å². The SMILES string of the molecule is Cc1[nH]n(-c2ccccc2)c(=O)c1Sc1ccccc1. The third-order valence-corrected chi connectivity index (χ3v) is 4.19. The van der Waals surface area contributed by atoms with E-state index in [9.17, 15) is 4.79 Å². The second-order valence-electron chi connectivity index (χ2n) is 4.46. The molecule has 3 rings (SSSR count). The molecule has 0 radical (unpaired) electrons. The monoisotopic (exact) mass is 282 g/mol. The summed E-state index contributed by atoms with van der Waals surface area (Å²) in [4.78, 5) is 14.3. The highest BCUT2D eigenvalue weighted by molar-refractivity contribution is 7.99. The molecule has 0 aliphatic rings. The molecule has 0 saturated carbocycles. The molecule has 1 heterocycles. The maximum absolute atomic E-state index is 12.5. The second kappa shape index (κ2) is 5.43. The number of benzene rings is 2. The van der Waals surface area contributed by atoms with Crippen LogP contribution in [-0.2, 0) is 0 Å². The molecular formula is C16H14N2OS. The van der Waals surface area contributed by atoms with Crippen molar-refractivity contribution < 1.29 is 0 Å². The van der Waals surface area contributed by atoms with Gasteiger partial charge in [-0.25, -0.2) is 4.68 Å². The number of rotatable bonds is 3. The molecule has 0 saturated heterocycles. The zero-order valence-electron chi connectivity index (χ0n) is 11.0. The van der Waals surface area contributed by atoms with Crippen LogP contribution in [0.15, 0.2) is 75.2 Å². The van der Waals surface area contributed by atoms with Crippen LogP contribution in [0.5, 0.6) is 0 Å².